The topological polar surface area (TPSA) is 59.8 Å². The Labute approximate surface area is 134 Å². The van der Waals surface area contributed by atoms with E-state index in [1.54, 1.807) is 11.3 Å². The summed E-state index contributed by atoms with van der Waals surface area (Å²) < 4.78 is 2.17. The van der Waals surface area contributed by atoms with Crippen LogP contribution in [0, 0.1) is 0 Å². The minimum Gasteiger partial charge on any atom is -0.352 e. The molecule has 118 valence electrons. The van der Waals surface area contributed by atoms with Crippen molar-refractivity contribution in [2.45, 2.75) is 58.0 Å². The average molecular weight is 318 g/mol. The standard InChI is InChI=1S/C16H22N4OS/c1-2-14-18-19-15-9-8-12(11-20(14)15)17-16(21)7-3-5-13-6-4-10-22-13/h4,6,10,12H,2-3,5,7-9,11H2,1H3,(H,17,21)/t12-/m1/s1. The van der Waals surface area contributed by atoms with Gasteiger partial charge < -0.3 is 9.88 Å². The van der Waals surface area contributed by atoms with Crippen LogP contribution in [0.5, 0.6) is 0 Å². The average Bonchev–Trinajstić information content (AvgIpc) is 3.16. The molecule has 3 heterocycles. The number of hydrogen-bond donors (Lipinski definition) is 1. The van der Waals surface area contributed by atoms with E-state index in [0.29, 0.717) is 6.42 Å². The van der Waals surface area contributed by atoms with Crippen LogP contribution in [0.3, 0.4) is 0 Å². The van der Waals surface area contributed by atoms with E-state index in [1.807, 2.05) is 0 Å². The van der Waals surface area contributed by atoms with E-state index in [4.69, 9.17) is 0 Å². The first-order valence-corrected chi connectivity index (χ1v) is 8.87. The summed E-state index contributed by atoms with van der Waals surface area (Å²) in [5.41, 5.74) is 0. The van der Waals surface area contributed by atoms with Gasteiger partial charge >= 0.3 is 0 Å². The van der Waals surface area contributed by atoms with E-state index in [0.717, 1.165) is 50.3 Å². The van der Waals surface area contributed by atoms with Crippen LogP contribution in [0.25, 0.3) is 0 Å². The second kappa shape index (κ2) is 7.05. The molecule has 0 spiro atoms. The van der Waals surface area contributed by atoms with E-state index >= 15 is 0 Å². The number of amides is 1. The Balaban J connectivity index is 1.46. The number of aromatic nitrogens is 3. The molecule has 2 aromatic rings. The highest BCUT2D eigenvalue weighted by atomic mass is 32.1. The SMILES string of the molecule is CCc1nnc2n1C[C@H](NC(=O)CCCc1cccs1)CC2. The number of carbonyl (C=O) groups excluding carboxylic acids is 1. The second-order valence-corrected chi connectivity index (χ2v) is 6.76. The first-order valence-electron chi connectivity index (χ1n) is 7.99. The molecule has 3 rings (SSSR count). The molecule has 1 amide bonds. The predicted molar refractivity (Wildman–Crippen MR) is 86.9 cm³/mol. The van der Waals surface area contributed by atoms with E-state index in [1.165, 1.54) is 4.88 Å². The quantitative estimate of drug-likeness (QED) is 0.889. The number of nitrogens with zero attached hydrogens (tertiary/aromatic N) is 3. The van der Waals surface area contributed by atoms with Crippen molar-refractivity contribution in [2.24, 2.45) is 0 Å². The zero-order valence-corrected chi connectivity index (χ0v) is 13.7. The summed E-state index contributed by atoms with van der Waals surface area (Å²) in [5.74, 6) is 2.24. The third-order valence-electron chi connectivity index (χ3n) is 4.11. The van der Waals surface area contributed by atoms with Gasteiger partial charge in [-0.15, -0.1) is 21.5 Å². The zero-order valence-electron chi connectivity index (χ0n) is 12.9. The summed E-state index contributed by atoms with van der Waals surface area (Å²) in [5, 5.41) is 13.7. The largest absolute Gasteiger partial charge is 0.352 e. The molecule has 0 radical (unpaired) electrons. The van der Waals surface area contributed by atoms with Gasteiger partial charge in [0.25, 0.3) is 0 Å². The van der Waals surface area contributed by atoms with Crippen molar-refractivity contribution < 1.29 is 4.79 Å². The minimum atomic E-state index is 0.163. The molecule has 1 aliphatic heterocycles. The van der Waals surface area contributed by atoms with Crippen LogP contribution < -0.4 is 5.32 Å². The molecular formula is C16H22N4OS. The molecule has 0 unspecified atom stereocenters. The molecule has 0 saturated heterocycles. The lowest BCUT2D eigenvalue weighted by molar-refractivity contribution is -0.122. The van der Waals surface area contributed by atoms with Crippen LogP contribution in [0.2, 0.25) is 0 Å². The van der Waals surface area contributed by atoms with Crippen molar-refractivity contribution in [3.63, 3.8) is 0 Å². The third-order valence-corrected chi connectivity index (χ3v) is 5.05. The van der Waals surface area contributed by atoms with Gasteiger partial charge in [-0.05, 0) is 30.7 Å². The maximum atomic E-state index is 12.1. The lowest BCUT2D eigenvalue weighted by Gasteiger charge is -2.25. The first kappa shape index (κ1) is 15.2. The van der Waals surface area contributed by atoms with Crippen LogP contribution >= 0.6 is 11.3 Å². The Bertz CT molecular complexity index is 607. The number of nitrogens with one attached hydrogen (secondary N) is 1. The first-order chi connectivity index (χ1) is 10.8. The molecule has 1 N–H and O–H groups in total. The molecule has 5 nitrogen and oxygen atoms in total. The van der Waals surface area contributed by atoms with Crippen molar-refractivity contribution in [1.29, 1.82) is 0 Å². The van der Waals surface area contributed by atoms with E-state index in [9.17, 15) is 4.79 Å². The molecule has 0 fully saturated rings. The van der Waals surface area contributed by atoms with Crippen molar-refractivity contribution in [2.75, 3.05) is 0 Å². The highest BCUT2D eigenvalue weighted by molar-refractivity contribution is 7.09. The van der Waals surface area contributed by atoms with Crippen molar-refractivity contribution in [3.8, 4) is 0 Å². The zero-order chi connectivity index (χ0) is 15.4. The van der Waals surface area contributed by atoms with Gasteiger partial charge in [0.1, 0.15) is 11.6 Å². The Hall–Kier alpha value is -1.69. The summed E-state index contributed by atoms with van der Waals surface area (Å²) >= 11 is 1.76. The smallest absolute Gasteiger partial charge is 0.220 e. The second-order valence-electron chi connectivity index (χ2n) is 5.73. The summed E-state index contributed by atoms with van der Waals surface area (Å²) in [6.07, 6.45) is 5.24. The van der Waals surface area contributed by atoms with Gasteiger partial charge in [-0.2, -0.15) is 0 Å². The molecule has 2 aromatic heterocycles. The van der Waals surface area contributed by atoms with Crippen molar-refractivity contribution in [3.05, 3.63) is 34.0 Å². The number of carbonyl (C=O) groups is 1. The maximum Gasteiger partial charge on any atom is 0.220 e. The summed E-state index contributed by atoms with van der Waals surface area (Å²) in [4.78, 5) is 13.5. The number of rotatable bonds is 6. The molecule has 1 aliphatic rings. The molecule has 0 saturated carbocycles. The molecule has 0 aromatic carbocycles. The van der Waals surface area contributed by atoms with Gasteiger partial charge in [-0.3, -0.25) is 4.79 Å². The Morgan fingerprint density at radius 3 is 3.18 bits per heavy atom. The van der Waals surface area contributed by atoms with Crippen molar-refractivity contribution in [1.82, 2.24) is 20.1 Å². The number of hydrogen-bond acceptors (Lipinski definition) is 4. The highest BCUT2D eigenvalue weighted by Crippen LogP contribution is 2.16. The van der Waals surface area contributed by atoms with Crippen LogP contribution in [0.1, 0.15) is 42.7 Å². The van der Waals surface area contributed by atoms with E-state index < -0.39 is 0 Å². The fourth-order valence-corrected chi connectivity index (χ4v) is 3.69. The Morgan fingerprint density at radius 2 is 2.41 bits per heavy atom. The van der Waals surface area contributed by atoms with Crippen LogP contribution in [0.4, 0.5) is 0 Å². The fraction of sp³-hybridized carbons (Fsp3) is 0.562. The van der Waals surface area contributed by atoms with Gasteiger partial charge in [0.15, 0.2) is 0 Å². The van der Waals surface area contributed by atoms with Gasteiger partial charge in [0.05, 0.1) is 0 Å². The molecular weight excluding hydrogens is 296 g/mol. The summed E-state index contributed by atoms with van der Waals surface area (Å²) in [7, 11) is 0. The minimum absolute atomic E-state index is 0.163. The molecule has 6 heteroatoms. The maximum absolute atomic E-state index is 12.1. The van der Waals surface area contributed by atoms with Crippen molar-refractivity contribution >= 4 is 17.2 Å². The summed E-state index contributed by atoms with van der Waals surface area (Å²) in [6.45, 7) is 2.90. The monoisotopic (exact) mass is 318 g/mol. The molecule has 0 bridgehead atoms. The number of fused-ring (bicyclic) bond motifs is 1. The van der Waals surface area contributed by atoms with Gasteiger partial charge in [-0.25, -0.2) is 0 Å². The predicted octanol–water partition coefficient (Wildman–Crippen LogP) is 2.36. The van der Waals surface area contributed by atoms with Gasteiger partial charge in [0, 0.05) is 36.7 Å². The lowest BCUT2D eigenvalue weighted by atomic mass is 10.1. The lowest BCUT2D eigenvalue weighted by Crippen LogP contribution is -2.41. The Kier molecular flexibility index (Phi) is 4.87. The number of aryl methyl sites for hydroxylation is 3. The van der Waals surface area contributed by atoms with Gasteiger partial charge in [0.2, 0.25) is 5.91 Å². The third kappa shape index (κ3) is 3.55. The summed E-state index contributed by atoms with van der Waals surface area (Å²) in [6, 6.07) is 4.40. The van der Waals surface area contributed by atoms with Crippen LogP contribution in [-0.4, -0.2) is 26.7 Å². The van der Waals surface area contributed by atoms with Gasteiger partial charge in [-0.1, -0.05) is 13.0 Å². The molecule has 1 atom stereocenters. The van der Waals surface area contributed by atoms with Crippen LogP contribution in [0.15, 0.2) is 17.5 Å². The molecule has 22 heavy (non-hydrogen) atoms. The normalized spacial score (nSPS) is 17.2. The fourth-order valence-electron chi connectivity index (χ4n) is 2.94. The van der Waals surface area contributed by atoms with E-state index in [2.05, 4.69) is 44.5 Å². The van der Waals surface area contributed by atoms with Crippen LogP contribution in [-0.2, 0) is 30.6 Å². The van der Waals surface area contributed by atoms with E-state index in [-0.39, 0.29) is 11.9 Å². The number of thiophene rings is 1. The Morgan fingerprint density at radius 1 is 1.50 bits per heavy atom. The molecule has 0 aliphatic carbocycles. The highest BCUT2D eigenvalue weighted by Gasteiger charge is 2.23.